The van der Waals surface area contributed by atoms with Crippen molar-refractivity contribution in [3.05, 3.63) is 330 Å². The van der Waals surface area contributed by atoms with Crippen LogP contribution in [0.1, 0.15) is 44.5 Å². The van der Waals surface area contributed by atoms with Crippen molar-refractivity contribution < 1.29 is 0 Å². The van der Waals surface area contributed by atoms with Crippen LogP contribution < -0.4 is 4.90 Å². The molecule has 11 aromatic carbocycles. The number of rotatable bonds is 9. The molecule has 0 radical (unpaired) electrons. The lowest BCUT2D eigenvalue weighted by molar-refractivity contribution is 0.768. The number of hydrogen-bond acceptors (Lipinski definition) is 1. The van der Waals surface area contributed by atoms with Gasteiger partial charge in [0.2, 0.25) is 0 Å². The monoisotopic (exact) mass is 877 g/mol. The normalized spacial score (nSPS) is 13.4. The minimum atomic E-state index is -0.494. The molecule has 13 rings (SSSR count). The zero-order chi connectivity index (χ0) is 45.8. The Kier molecular flexibility index (Phi) is 9.70. The summed E-state index contributed by atoms with van der Waals surface area (Å²) in [6, 6.07) is 105. The molecule has 0 saturated carbocycles. The van der Waals surface area contributed by atoms with E-state index in [1.165, 1.54) is 77.9 Å². The maximum Gasteiger partial charge on any atom is 0.0713 e. The van der Waals surface area contributed by atoms with Gasteiger partial charge in [-0.2, -0.15) is 0 Å². The van der Waals surface area contributed by atoms with Gasteiger partial charge < -0.3 is 4.90 Å². The predicted molar refractivity (Wildman–Crippen MR) is 287 cm³/mol. The highest BCUT2D eigenvalue weighted by atomic mass is 15.1. The molecule has 2 aliphatic carbocycles. The van der Waals surface area contributed by atoms with Crippen LogP contribution in [0.4, 0.5) is 17.1 Å². The second kappa shape index (κ2) is 16.5. The summed E-state index contributed by atoms with van der Waals surface area (Å²) in [5.74, 6) is 0. The van der Waals surface area contributed by atoms with Gasteiger partial charge >= 0.3 is 0 Å². The van der Waals surface area contributed by atoms with Crippen molar-refractivity contribution in [3.63, 3.8) is 0 Å². The molecule has 0 bridgehead atoms. The van der Waals surface area contributed by atoms with Gasteiger partial charge in [-0.3, -0.25) is 0 Å². The van der Waals surface area contributed by atoms with E-state index in [1.807, 2.05) is 0 Å². The average molecular weight is 878 g/mol. The summed E-state index contributed by atoms with van der Waals surface area (Å²) >= 11 is 0. The first-order chi connectivity index (χ1) is 34.2. The molecule has 0 atom stereocenters. The first kappa shape index (κ1) is 40.5. The quantitative estimate of drug-likeness (QED) is 0.140. The van der Waals surface area contributed by atoms with E-state index in [0.29, 0.717) is 0 Å². The third-order valence-corrected chi connectivity index (χ3v) is 14.8. The van der Waals surface area contributed by atoms with Gasteiger partial charge in [-0.15, -0.1) is 0 Å². The molecule has 0 spiro atoms. The molecule has 0 amide bonds. The molecule has 2 aliphatic rings. The average Bonchev–Trinajstić information content (AvgIpc) is 3.90. The van der Waals surface area contributed by atoms with E-state index in [-0.39, 0.29) is 0 Å². The van der Waals surface area contributed by atoms with Crippen LogP contribution in [0.2, 0.25) is 0 Å². The molecule has 0 unspecified atom stereocenters. The highest BCUT2D eigenvalue weighted by Crippen LogP contribution is 2.59. The van der Waals surface area contributed by atoms with Crippen molar-refractivity contribution in [2.45, 2.75) is 10.8 Å². The van der Waals surface area contributed by atoms with Crippen LogP contribution in [0.15, 0.2) is 285 Å². The summed E-state index contributed by atoms with van der Waals surface area (Å²) in [5, 5.41) is 0. The van der Waals surface area contributed by atoms with E-state index in [2.05, 4.69) is 290 Å². The van der Waals surface area contributed by atoms with Crippen LogP contribution in [0.3, 0.4) is 0 Å². The molecular formula is C68H47N. The third-order valence-electron chi connectivity index (χ3n) is 14.8. The molecule has 0 fully saturated rings. The van der Waals surface area contributed by atoms with Crippen molar-refractivity contribution in [2.75, 3.05) is 4.90 Å². The Morgan fingerprint density at radius 2 is 0.536 bits per heavy atom. The molecule has 1 nitrogen and oxygen atoms in total. The molecule has 0 N–H and O–H groups in total. The summed E-state index contributed by atoms with van der Waals surface area (Å²) in [7, 11) is 0. The number of hydrogen-bond donors (Lipinski definition) is 0. The molecule has 69 heavy (non-hydrogen) atoms. The zero-order valence-electron chi connectivity index (χ0n) is 38.1. The Labute approximate surface area is 404 Å². The van der Waals surface area contributed by atoms with E-state index in [1.54, 1.807) is 0 Å². The van der Waals surface area contributed by atoms with E-state index in [0.717, 1.165) is 28.2 Å². The Hall–Kier alpha value is -8.78. The first-order valence-corrected chi connectivity index (χ1v) is 24.0. The Morgan fingerprint density at radius 3 is 0.971 bits per heavy atom. The van der Waals surface area contributed by atoms with Crippen LogP contribution in [0, 0.1) is 0 Å². The predicted octanol–water partition coefficient (Wildman–Crippen LogP) is 17.2. The summed E-state index contributed by atoms with van der Waals surface area (Å²) < 4.78 is 0. The van der Waals surface area contributed by atoms with Gasteiger partial charge in [-0.25, -0.2) is 0 Å². The van der Waals surface area contributed by atoms with E-state index in [4.69, 9.17) is 0 Å². The Balaban J connectivity index is 1.06. The molecule has 0 aliphatic heterocycles. The zero-order valence-corrected chi connectivity index (χ0v) is 38.1. The summed E-state index contributed by atoms with van der Waals surface area (Å²) in [6.07, 6.45) is 0. The largest absolute Gasteiger partial charge is 0.310 e. The lowest BCUT2D eigenvalue weighted by Crippen LogP contribution is -2.28. The van der Waals surface area contributed by atoms with Crippen LogP contribution in [-0.4, -0.2) is 0 Å². The minimum Gasteiger partial charge on any atom is -0.310 e. The smallest absolute Gasteiger partial charge is 0.0713 e. The van der Waals surface area contributed by atoms with Crippen molar-refractivity contribution in [3.8, 4) is 44.5 Å². The van der Waals surface area contributed by atoms with Crippen molar-refractivity contribution in [1.82, 2.24) is 0 Å². The molecule has 1 heteroatoms. The second-order valence-corrected chi connectivity index (χ2v) is 18.3. The highest BCUT2D eigenvalue weighted by Gasteiger charge is 2.48. The van der Waals surface area contributed by atoms with Crippen LogP contribution in [0.25, 0.3) is 44.5 Å². The second-order valence-electron chi connectivity index (χ2n) is 18.3. The molecular weight excluding hydrogens is 831 g/mol. The summed E-state index contributed by atoms with van der Waals surface area (Å²) in [5.41, 5.74) is 22.2. The third kappa shape index (κ3) is 6.24. The van der Waals surface area contributed by atoms with Crippen LogP contribution >= 0.6 is 0 Å². The van der Waals surface area contributed by atoms with Crippen molar-refractivity contribution >= 4 is 17.1 Å². The van der Waals surface area contributed by atoms with E-state index < -0.39 is 10.8 Å². The number of fused-ring (bicyclic) bond motifs is 6. The maximum absolute atomic E-state index is 2.50. The van der Waals surface area contributed by atoms with E-state index >= 15 is 0 Å². The van der Waals surface area contributed by atoms with Gasteiger partial charge in [-0.05, 0) is 114 Å². The number of benzene rings is 11. The lowest BCUT2D eigenvalue weighted by atomic mass is 9.67. The van der Waals surface area contributed by atoms with Gasteiger partial charge in [0, 0.05) is 16.9 Å². The molecule has 0 aromatic heterocycles. The van der Waals surface area contributed by atoms with Gasteiger partial charge in [0.25, 0.3) is 0 Å². The minimum absolute atomic E-state index is 0.494. The molecule has 11 aromatic rings. The van der Waals surface area contributed by atoms with Gasteiger partial charge in [0.15, 0.2) is 0 Å². The number of nitrogens with zero attached hydrogens (tertiary/aromatic N) is 1. The number of para-hydroxylation sites is 1. The Bertz CT molecular complexity index is 3380. The molecule has 0 saturated heterocycles. The first-order valence-electron chi connectivity index (χ1n) is 24.0. The van der Waals surface area contributed by atoms with Crippen LogP contribution in [0.5, 0.6) is 0 Å². The van der Waals surface area contributed by atoms with Crippen LogP contribution in [-0.2, 0) is 10.8 Å². The SMILES string of the molecule is c1ccc(-c2ccc(-c3ccccc3N(c3ccc4c(c3)-c3ccccc3C4(c3ccccc3)c3ccccc3)c3ccc4c(c3)-c3ccccc3C4(c3ccccc3)c3ccccc3)cc2)cc1. The standard InChI is InChI=1S/C68H47N/c1-6-22-48(23-7-1)49-38-40-50(41-39-49)57-32-18-21-37-66(57)69(55-42-44-64-60(46-55)58-33-16-19-35-62(58)67(64,51-24-8-2-9-25-51)52-26-10-3-11-27-52)56-43-45-65-61(47-56)59-34-17-20-36-63(59)68(65,53-28-12-4-13-29-53)54-30-14-5-15-31-54/h1-47H. The summed E-state index contributed by atoms with van der Waals surface area (Å²) in [6.45, 7) is 0. The molecule has 0 heterocycles. The van der Waals surface area contributed by atoms with Gasteiger partial charge in [0.05, 0.1) is 16.5 Å². The fourth-order valence-corrected chi connectivity index (χ4v) is 12.0. The fraction of sp³-hybridized carbons (Fsp3) is 0.0294. The Morgan fingerprint density at radius 1 is 0.217 bits per heavy atom. The lowest BCUT2D eigenvalue weighted by Gasteiger charge is -2.35. The van der Waals surface area contributed by atoms with E-state index in [9.17, 15) is 0 Å². The molecule has 324 valence electrons. The highest BCUT2D eigenvalue weighted by molar-refractivity contribution is 5.95. The van der Waals surface area contributed by atoms with Gasteiger partial charge in [0.1, 0.15) is 0 Å². The number of anilines is 3. The topological polar surface area (TPSA) is 3.24 Å². The summed E-state index contributed by atoms with van der Waals surface area (Å²) in [4.78, 5) is 2.50. The van der Waals surface area contributed by atoms with Gasteiger partial charge in [-0.1, -0.05) is 255 Å². The fourth-order valence-electron chi connectivity index (χ4n) is 12.0. The van der Waals surface area contributed by atoms with Crippen molar-refractivity contribution in [2.24, 2.45) is 0 Å². The maximum atomic E-state index is 2.50. The van der Waals surface area contributed by atoms with Crippen molar-refractivity contribution in [1.29, 1.82) is 0 Å².